The van der Waals surface area contributed by atoms with Gasteiger partial charge in [0.25, 0.3) is 0 Å². The predicted octanol–water partition coefficient (Wildman–Crippen LogP) is 5.09. The highest BCUT2D eigenvalue weighted by atomic mass is 35.5. The van der Waals surface area contributed by atoms with Gasteiger partial charge in [-0.1, -0.05) is 35.0 Å². The van der Waals surface area contributed by atoms with Crippen molar-refractivity contribution in [1.82, 2.24) is 4.90 Å². The molecule has 0 unspecified atom stereocenters. The van der Waals surface area contributed by atoms with Gasteiger partial charge in [-0.05, 0) is 66.3 Å². The molecular formula is C25H26ClN3O4. The number of cyclic esters (lactones) is 1. The molecule has 0 atom stereocenters. The summed E-state index contributed by atoms with van der Waals surface area (Å²) in [6.07, 6.45) is 3.42. The number of amides is 1. The van der Waals surface area contributed by atoms with E-state index in [1.54, 1.807) is 24.1 Å². The van der Waals surface area contributed by atoms with E-state index >= 15 is 0 Å². The number of carbonyl (C=O) groups excluding carboxylic acids is 1. The highest BCUT2D eigenvalue weighted by Crippen LogP contribution is 2.33. The number of allylic oxidation sites excluding steroid dienone is 1. The Balaban J connectivity index is 1.98. The topological polar surface area (TPSA) is 84.2 Å². The maximum Gasteiger partial charge on any atom is 0.409 e. The number of hydrogen-bond acceptors (Lipinski definition) is 6. The minimum Gasteiger partial charge on any atom is -0.496 e. The molecule has 7 nitrogen and oxygen atoms in total. The van der Waals surface area contributed by atoms with Crippen LogP contribution in [0.5, 0.6) is 5.75 Å². The molecule has 0 bridgehead atoms. The van der Waals surface area contributed by atoms with Crippen molar-refractivity contribution in [3.05, 3.63) is 70.3 Å². The third-order valence-electron chi connectivity index (χ3n) is 5.33. The van der Waals surface area contributed by atoms with Gasteiger partial charge in [-0.2, -0.15) is 5.26 Å². The third kappa shape index (κ3) is 5.85. The number of oxime groups is 1. The molecule has 0 radical (unpaired) electrons. The summed E-state index contributed by atoms with van der Waals surface area (Å²) in [4.78, 5) is 18.2. The summed E-state index contributed by atoms with van der Waals surface area (Å²) >= 11 is 6.38. The molecule has 172 valence electrons. The molecule has 1 fully saturated rings. The number of benzene rings is 2. The number of unbranched alkanes of at least 4 members (excludes halogenated alkanes) is 1. The van der Waals surface area contributed by atoms with Crippen LogP contribution in [0.15, 0.2) is 47.6 Å². The zero-order valence-electron chi connectivity index (χ0n) is 18.9. The van der Waals surface area contributed by atoms with Crippen LogP contribution in [0.2, 0.25) is 0 Å². The maximum atomic E-state index is 11.7. The smallest absolute Gasteiger partial charge is 0.409 e. The number of hydrogen-bond donors (Lipinski definition) is 0. The van der Waals surface area contributed by atoms with E-state index in [0.29, 0.717) is 36.6 Å². The van der Waals surface area contributed by atoms with Crippen LogP contribution in [0.25, 0.3) is 5.57 Å². The molecule has 2 aromatic carbocycles. The van der Waals surface area contributed by atoms with E-state index in [0.717, 1.165) is 35.1 Å². The van der Waals surface area contributed by atoms with Gasteiger partial charge in [0, 0.05) is 6.54 Å². The second-order valence-electron chi connectivity index (χ2n) is 7.49. The second kappa shape index (κ2) is 11.4. The molecule has 0 aromatic heterocycles. The average molecular weight is 468 g/mol. The van der Waals surface area contributed by atoms with Gasteiger partial charge in [0.1, 0.15) is 19.5 Å². The maximum absolute atomic E-state index is 11.7. The van der Waals surface area contributed by atoms with E-state index < -0.39 is 0 Å². The fourth-order valence-electron chi connectivity index (χ4n) is 3.77. The molecule has 0 N–H and O–H groups in total. The number of nitrogens with zero attached hydrogens (tertiary/aromatic N) is 3. The first-order valence-corrected chi connectivity index (χ1v) is 10.9. The Morgan fingerprint density at radius 2 is 2.03 bits per heavy atom. The molecule has 1 heterocycles. The van der Waals surface area contributed by atoms with Crippen molar-refractivity contribution < 1.29 is 19.1 Å². The van der Waals surface area contributed by atoms with Gasteiger partial charge in [-0.15, -0.1) is 0 Å². The van der Waals surface area contributed by atoms with E-state index in [-0.39, 0.29) is 11.3 Å². The standard InChI is InChI=1S/C25H26ClN3O4/c1-17-14-20(15-22(23(17)31-2)24(26)28-32-3)21(19-9-7-18(16-27)8-10-19)6-4-5-11-29-12-13-33-25(29)30/h6-10,14-15H,4-5,11-13H2,1-3H3/b21-6-,28-24-. The van der Waals surface area contributed by atoms with E-state index in [1.807, 2.05) is 31.2 Å². The Hall–Kier alpha value is -3.50. The molecular weight excluding hydrogens is 442 g/mol. The van der Waals surface area contributed by atoms with Crippen molar-refractivity contribution in [1.29, 1.82) is 5.26 Å². The van der Waals surface area contributed by atoms with Crippen molar-refractivity contribution in [3.63, 3.8) is 0 Å². The third-order valence-corrected chi connectivity index (χ3v) is 5.61. The van der Waals surface area contributed by atoms with E-state index in [1.165, 1.54) is 7.11 Å². The largest absolute Gasteiger partial charge is 0.496 e. The first-order chi connectivity index (χ1) is 16.0. The molecule has 1 aliphatic rings. The number of methoxy groups -OCH3 is 1. The first kappa shape index (κ1) is 24.1. The van der Waals surface area contributed by atoms with Crippen molar-refractivity contribution >= 4 is 28.4 Å². The lowest BCUT2D eigenvalue weighted by atomic mass is 9.92. The summed E-state index contributed by atoms with van der Waals surface area (Å²) < 4.78 is 10.5. The lowest BCUT2D eigenvalue weighted by Gasteiger charge is -2.16. The van der Waals surface area contributed by atoms with Gasteiger partial charge in [0.2, 0.25) is 0 Å². The number of carbonyl (C=O) groups is 1. The van der Waals surface area contributed by atoms with Crippen LogP contribution in [-0.4, -0.2) is 50.1 Å². The molecule has 1 amide bonds. The molecule has 33 heavy (non-hydrogen) atoms. The average Bonchev–Trinajstić information content (AvgIpc) is 3.23. The summed E-state index contributed by atoms with van der Waals surface area (Å²) in [5.74, 6) is 0.622. The fraction of sp³-hybridized carbons (Fsp3) is 0.320. The van der Waals surface area contributed by atoms with E-state index in [4.69, 9.17) is 31.2 Å². The van der Waals surface area contributed by atoms with Crippen molar-refractivity contribution in [3.8, 4) is 11.8 Å². The van der Waals surface area contributed by atoms with Crippen LogP contribution in [-0.2, 0) is 9.57 Å². The lowest BCUT2D eigenvalue weighted by molar-refractivity contribution is 0.158. The molecule has 1 aliphatic heterocycles. The molecule has 8 heteroatoms. The Labute approximate surface area is 198 Å². The highest BCUT2D eigenvalue weighted by molar-refractivity contribution is 6.69. The normalized spacial score (nSPS) is 14.2. The zero-order valence-corrected chi connectivity index (χ0v) is 19.7. The Kier molecular flexibility index (Phi) is 8.34. The Bertz CT molecular complexity index is 1100. The quantitative estimate of drug-likeness (QED) is 0.291. The van der Waals surface area contributed by atoms with Gasteiger partial charge in [0.05, 0.1) is 30.9 Å². The summed E-state index contributed by atoms with van der Waals surface area (Å²) in [5, 5.41) is 13.2. The number of halogens is 1. The van der Waals surface area contributed by atoms with Crippen LogP contribution in [0.4, 0.5) is 4.79 Å². The first-order valence-electron chi connectivity index (χ1n) is 10.6. The van der Waals surface area contributed by atoms with E-state index in [9.17, 15) is 4.79 Å². The fourth-order valence-corrected chi connectivity index (χ4v) is 3.98. The predicted molar refractivity (Wildman–Crippen MR) is 128 cm³/mol. The summed E-state index contributed by atoms with van der Waals surface area (Å²) in [6.45, 7) is 3.65. The minimum atomic E-state index is -0.256. The summed E-state index contributed by atoms with van der Waals surface area (Å²) in [6, 6.07) is 13.5. The molecule has 3 rings (SSSR count). The summed E-state index contributed by atoms with van der Waals surface area (Å²) in [7, 11) is 3.02. The molecule has 1 saturated heterocycles. The van der Waals surface area contributed by atoms with Crippen molar-refractivity contribution in [2.75, 3.05) is 33.9 Å². The van der Waals surface area contributed by atoms with Gasteiger partial charge in [-0.25, -0.2) is 4.79 Å². The van der Waals surface area contributed by atoms with E-state index in [2.05, 4.69) is 17.3 Å². The van der Waals surface area contributed by atoms with Crippen molar-refractivity contribution in [2.24, 2.45) is 5.16 Å². The molecule has 0 aliphatic carbocycles. The monoisotopic (exact) mass is 467 g/mol. The number of rotatable bonds is 9. The second-order valence-corrected chi connectivity index (χ2v) is 7.85. The lowest BCUT2D eigenvalue weighted by Crippen LogP contribution is -2.25. The van der Waals surface area contributed by atoms with Gasteiger partial charge in [-0.3, -0.25) is 0 Å². The van der Waals surface area contributed by atoms with Gasteiger partial charge >= 0.3 is 6.09 Å². The Morgan fingerprint density at radius 3 is 2.64 bits per heavy atom. The molecule has 0 saturated carbocycles. The molecule has 2 aromatic rings. The van der Waals surface area contributed by atoms with Crippen LogP contribution >= 0.6 is 11.6 Å². The van der Waals surface area contributed by atoms with Crippen LogP contribution in [0, 0.1) is 18.3 Å². The SMILES string of the molecule is CO/N=C(\Cl)c1cc(/C(=C\CCCN2CCOC2=O)c2ccc(C#N)cc2)cc(C)c1OC. The van der Waals surface area contributed by atoms with Gasteiger partial charge in [0.15, 0.2) is 5.17 Å². The number of ether oxygens (including phenoxy) is 2. The minimum absolute atomic E-state index is 0.186. The van der Waals surface area contributed by atoms with Crippen LogP contribution in [0.3, 0.4) is 0 Å². The summed E-state index contributed by atoms with van der Waals surface area (Å²) in [5.41, 5.74) is 4.98. The zero-order chi connectivity index (χ0) is 23.8. The number of nitriles is 1. The molecule has 0 spiro atoms. The van der Waals surface area contributed by atoms with Crippen LogP contribution in [0.1, 0.15) is 40.7 Å². The number of aryl methyl sites for hydroxylation is 1. The van der Waals surface area contributed by atoms with Crippen molar-refractivity contribution in [2.45, 2.75) is 19.8 Å². The Morgan fingerprint density at radius 1 is 1.27 bits per heavy atom. The van der Waals surface area contributed by atoms with Gasteiger partial charge < -0.3 is 19.2 Å². The van der Waals surface area contributed by atoms with Crippen LogP contribution < -0.4 is 4.74 Å². The highest BCUT2D eigenvalue weighted by Gasteiger charge is 2.21.